The third kappa shape index (κ3) is 3.66. The minimum absolute atomic E-state index is 0.0919. The lowest BCUT2D eigenvalue weighted by Gasteiger charge is -2.25. The van der Waals surface area contributed by atoms with Crippen molar-refractivity contribution in [3.05, 3.63) is 53.9 Å². The van der Waals surface area contributed by atoms with Gasteiger partial charge in [0.25, 0.3) is 5.91 Å². The van der Waals surface area contributed by atoms with Gasteiger partial charge < -0.3 is 15.0 Å². The lowest BCUT2D eigenvalue weighted by Crippen LogP contribution is -2.40. The summed E-state index contributed by atoms with van der Waals surface area (Å²) < 4.78 is 31.6. The van der Waals surface area contributed by atoms with Crippen molar-refractivity contribution in [2.75, 3.05) is 26.3 Å². The highest BCUT2D eigenvalue weighted by atomic mass is 32.2. The summed E-state index contributed by atoms with van der Waals surface area (Å²) in [7, 11) is -3.60. The summed E-state index contributed by atoms with van der Waals surface area (Å²) in [4.78, 5) is 15.0. The minimum atomic E-state index is -3.60. The van der Waals surface area contributed by atoms with Crippen LogP contribution in [0.4, 0.5) is 0 Å². The molecule has 8 heteroatoms. The Bertz CT molecular complexity index is 796. The van der Waals surface area contributed by atoms with Crippen molar-refractivity contribution in [2.45, 2.75) is 11.4 Å². The average Bonchev–Trinajstić information content (AvgIpc) is 3.12. The summed E-state index contributed by atoms with van der Waals surface area (Å²) in [6.45, 7) is 1.79. The molecule has 1 amide bonds. The van der Waals surface area contributed by atoms with E-state index in [2.05, 4.69) is 10.3 Å². The van der Waals surface area contributed by atoms with Crippen LogP contribution in [0.1, 0.15) is 16.1 Å². The summed E-state index contributed by atoms with van der Waals surface area (Å²) in [5.74, 6) is -0.345. The Labute approximate surface area is 140 Å². The van der Waals surface area contributed by atoms with Gasteiger partial charge in [0.15, 0.2) is 0 Å². The molecule has 1 aromatic heterocycles. The number of hydrogen-bond donors (Lipinski definition) is 2. The number of sulfonamides is 1. The number of aromatic amines is 1. The summed E-state index contributed by atoms with van der Waals surface area (Å²) in [6.07, 6.45) is 1.35. The van der Waals surface area contributed by atoms with E-state index in [0.717, 1.165) is 5.56 Å². The predicted molar refractivity (Wildman–Crippen MR) is 88.0 cm³/mol. The lowest BCUT2D eigenvalue weighted by molar-refractivity contribution is 0.0730. The number of amides is 1. The minimum Gasteiger partial charge on any atom is -0.379 e. The van der Waals surface area contributed by atoms with Gasteiger partial charge in [-0.15, -0.1) is 0 Å². The highest BCUT2D eigenvalue weighted by Crippen LogP contribution is 2.18. The molecule has 2 aromatic rings. The van der Waals surface area contributed by atoms with Crippen molar-refractivity contribution in [1.29, 1.82) is 0 Å². The standard InChI is InChI=1S/C16H19N3O4S/c20-16(18-11-13-4-2-1-3-5-13)15-10-14(12-17-15)24(21,22)19-6-8-23-9-7-19/h1-5,10,12,17H,6-9,11H2,(H,18,20). The summed E-state index contributed by atoms with van der Waals surface area (Å²) in [5, 5.41) is 2.76. The zero-order valence-electron chi connectivity index (χ0n) is 13.1. The van der Waals surface area contributed by atoms with Gasteiger partial charge in [-0.2, -0.15) is 4.31 Å². The van der Waals surface area contributed by atoms with Crippen molar-refractivity contribution < 1.29 is 17.9 Å². The van der Waals surface area contributed by atoms with Gasteiger partial charge in [-0.1, -0.05) is 30.3 Å². The molecule has 1 fully saturated rings. The monoisotopic (exact) mass is 349 g/mol. The molecule has 0 saturated carbocycles. The molecule has 0 aliphatic carbocycles. The average molecular weight is 349 g/mol. The molecule has 1 aliphatic rings. The van der Waals surface area contributed by atoms with E-state index >= 15 is 0 Å². The largest absolute Gasteiger partial charge is 0.379 e. The van der Waals surface area contributed by atoms with Crippen molar-refractivity contribution >= 4 is 15.9 Å². The summed E-state index contributed by atoms with van der Waals surface area (Å²) in [6, 6.07) is 10.9. The second-order valence-electron chi connectivity index (χ2n) is 5.43. The number of H-pyrrole nitrogens is 1. The first-order valence-electron chi connectivity index (χ1n) is 7.66. The van der Waals surface area contributed by atoms with Gasteiger partial charge in [0.05, 0.1) is 13.2 Å². The Kier molecular flexibility index (Phi) is 4.98. The molecule has 0 unspecified atom stereocenters. The van der Waals surface area contributed by atoms with E-state index in [1.165, 1.54) is 16.6 Å². The maximum atomic E-state index is 12.5. The van der Waals surface area contributed by atoms with Gasteiger partial charge >= 0.3 is 0 Å². The number of nitrogens with zero attached hydrogens (tertiary/aromatic N) is 1. The summed E-state index contributed by atoms with van der Waals surface area (Å²) in [5.41, 5.74) is 1.19. The zero-order valence-corrected chi connectivity index (χ0v) is 13.9. The van der Waals surface area contributed by atoms with E-state index in [1.807, 2.05) is 30.3 Å². The molecule has 128 valence electrons. The highest BCUT2D eigenvalue weighted by Gasteiger charge is 2.27. The van der Waals surface area contributed by atoms with Crippen LogP contribution in [0.3, 0.4) is 0 Å². The molecule has 2 N–H and O–H groups in total. The van der Waals surface area contributed by atoms with Crippen LogP contribution in [0.2, 0.25) is 0 Å². The van der Waals surface area contributed by atoms with Gasteiger partial charge in [0.1, 0.15) is 10.6 Å². The quantitative estimate of drug-likeness (QED) is 0.841. The van der Waals surface area contributed by atoms with Crippen LogP contribution in [0.25, 0.3) is 0 Å². The SMILES string of the molecule is O=C(NCc1ccccc1)c1cc(S(=O)(=O)N2CCOCC2)c[nH]1. The number of carbonyl (C=O) groups is 1. The van der Waals surface area contributed by atoms with E-state index in [-0.39, 0.29) is 16.5 Å². The van der Waals surface area contributed by atoms with Crippen LogP contribution < -0.4 is 5.32 Å². The Morgan fingerprint density at radius 3 is 2.62 bits per heavy atom. The number of nitrogens with one attached hydrogen (secondary N) is 2. The van der Waals surface area contributed by atoms with E-state index in [4.69, 9.17) is 4.74 Å². The van der Waals surface area contributed by atoms with Crippen molar-refractivity contribution in [3.63, 3.8) is 0 Å². The van der Waals surface area contributed by atoms with Crippen LogP contribution in [0, 0.1) is 0 Å². The number of ether oxygens (including phenoxy) is 1. The Hall–Kier alpha value is -2.16. The van der Waals surface area contributed by atoms with Crippen LogP contribution in [-0.4, -0.2) is 49.9 Å². The molecule has 1 aromatic carbocycles. The van der Waals surface area contributed by atoms with Crippen LogP contribution in [0.5, 0.6) is 0 Å². The molecular weight excluding hydrogens is 330 g/mol. The predicted octanol–water partition coefficient (Wildman–Crippen LogP) is 0.966. The van der Waals surface area contributed by atoms with Gasteiger partial charge in [-0.05, 0) is 11.6 Å². The van der Waals surface area contributed by atoms with Crippen molar-refractivity contribution in [3.8, 4) is 0 Å². The maximum Gasteiger partial charge on any atom is 0.268 e. The molecular formula is C16H19N3O4S. The number of benzene rings is 1. The first kappa shape index (κ1) is 16.7. The maximum absolute atomic E-state index is 12.5. The molecule has 1 saturated heterocycles. The summed E-state index contributed by atoms with van der Waals surface area (Å²) >= 11 is 0. The number of aromatic nitrogens is 1. The fraction of sp³-hybridized carbons (Fsp3) is 0.312. The Balaban J connectivity index is 1.67. The molecule has 0 radical (unpaired) electrons. The molecule has 7 nitrogen and oxygen atoms in total. The van der Waals surface area contributed by atoms with E-state index in [9.17, 15) is 13.2 Å². The van der Waals surface area contributed by atoms with Gasteiger partial charge in [0.2, 0.25) is 10.0 Å². The Morgan fingerprint density at radius 2 is 1.92 bits per heavy atom. The zero-order chi connectivity index (χ0) is 17.0. The molecule has 0 spiro atoms. The molecule has 0 atom stereocenters. The second kappa shape index (κ2) is 7.16. The van der Waals surface area contributed by atoms with Gasteiger partial charge in [0, 0.05) is 25.8 Å². The number of rotatable bonds is 5. The van der Waals surface area contributed by atoms with Crippen molar-refractivity contribution in [1.82, 2.24) is 14.6 Å². The van der Waals surface area contributed by atoms with Crippen LogP contribution >= 0.6 is 0 Å². The third-order valence-corrected chi connectivity index (χ3v) is 5.68. The van der Waals surface area contributed by atoms with E-state index in [1.54, 1.807) is 0 Å². The fourth-order valence-electron chi connectivity index (χ4n) is 2.46. The van der Waals surface area contributed by atoms with Crippen molar-refractivity contribution in [2.24, 2.45) is 0 Å². The third-order valence-electron chi connectivity index (χ3n) is 3.80. The highest BCUT2D eigenvalue weighted by molar-refractivity contribution is 7.89. The first-order chi connectivity index (χ1) is 11.6. The molecule has 3 rings (SSSR count). The van der Waals surface area contributed by atoms with E-state index < -0.39 is 10.0 Å². The Morgan fingerprint density at radius 1 is 1.21 bits per heavy atom. The fourth-order valence-corrected chi connectivity index (χ4v) is 3.87. The second-order valence-corrected chi connectivity index (χ2v) is 7.37. The molecule has 24 heavy (non-hydrogen) atoms. The topological polar surface area (TPSA) is 91.5 Å². The first-order valence-corrected chi connectivity index (χ1v) is 9.10. The smallest absolute Gasteiger partial charge is 0.268 e. The molecule has 1 aliphatic heterocycles. The number of carbonyl (C=O) groups excluding carboxylic acids is 1. The number of hydrogen-bond acceptors (Lipinski definition) is 4. The van der Waals surface area contributed by atoms with Gasteiger partial charge in [-0.25, -0.2) is 8.42 Å². The molecule has 2 heterocycles. The van der Waals surface area contributed by atoms with Gasteiger partial charge in [-0.3, -0.25) is 4.79 Å². The van der Waals surface area contributed by atoms with E-state index in [0.29, 0.717) is 32.8 Å². The lowest BCUT2D eigenvalue weighted by atomic mass is 10.2. The molecule has 0 bridgehead atoms. The van der Waals surface area contributed by atoms with Crippen LogP contribution in [0.15, 0.2) is 47.5 Å². The normalized spacial score (nSPS) is 16.0. The number of morpholine rings is 1. The van der Waals surface area contributed by atoms with Crippen LogP contribution in [-0.2, 0) is 21.3 Å².